The molecule has 1 aromatic rings. The van der Waals surface area contributed by atoms with Gasteiger partial charge in [-0.2, -0.15) is 0 Å². The van der Waals surface area contributed by atoms with Crippen LogP contribution in [0.4, 0.5) is 0 Å². The molecule has 0 amide bonds. The van der Waals surface area contributed by atoms with E-state index in [1.165, 1.54) is 18.4 Å². The molecule has 1 aromatic carbocycles. The third-order valence-corrected chi connectivity index (χ3v) is 2.75. The van der Waals surface area contributed by atoms with Gasteiger partial charge in [0.25, 0.3) is 0 Å². The molecule has 2 rings (SSSR count). The number of aryl methyl sites for hydroxylation is 1. The molecule has 0 spiro atoms. The minimum absolute atomic E-state index is 0. The van der Waals surface area contributed by atoms with Gasteiger partial charge in [0, 0.05) is 25.7 Å². The highest BCUT2D eigenvalue weighted by atomic mass is 35.5. The molecule has 1 fully saturated rings. The van der Waals surface area contributed by atoms with Crippen molar-refractivity contribution in [2.75, 3.05) is 19.6 Å². The van der Waals surface area contributed by atoms with Crippen LogP contribution in [0.2, 0.25) is 0 Å². The van der Waals surface area contributed by atoms with Gasteiger partial charge < -0.3 is 10.6 Å². The molecule has 0 aromatic heterocycles. The van der Waals surface area contributed by atoms with Gasteiger partial charge in [0.2, 0.25) is 0 Å². The van der Waals surface area contributed by atoms with Crippen LogP contribution in [0.3, 0.4) is 0 Å². The first-order valence-electron chi connectivity index (χ1n) is 5.43. The minimum atomic E-state index is 0. The highest BCUT2D eigenvalue weighted by Gasteiger charge is 2.10. The number of halogens is 2. The fourth-order valence-electron chi connectivity index (χ4n) is 1.90. The third kappa shape index (κ3) is 5.17. The quantitative estimate of drug-likeness (QED) is 0.872. The van der Waals surface area contributed by atoms with Crippen molar-refractivity contribution >= 4 is 24.8 Å². The van der Waals surface area contributed by atoms with E-state index in [0.717, 1.165) is 19.6 Å². The van der Waals surface area contributed by atoms with E-state index in [2.05, 4.69) is 41.0 Å². The lowest BCUT2D eigenvalue weighted by molar-refractivity contribution is 0.400. The molecular formula is C12H20Cl2N2. The summed E-state index contributed by atoms with van der Waals surface area (Å²) in [6.07, 6.45) is 2.41. The van der Waals surface area contributed by atoms with Gasteiger partial charge in [0.05, 0.1) is 0 Å². The van der Waals surface area contributed by atoms with Crippen LogP contribution in [-0.2, 0) is 6.42 Å². The Balaban J connectivity index is 0.00000112. The van der Waals surface area contributed by atoms with E-state index in [4.69, 9.17) is 0 Å². The normalized spacial score (nSPS) is 19.4. The van der Waals surface area contributed by atoms with Crippen molar-refractivity contribution in [2.24, 2.45) is 0 Å². The predicted octanol–water partition coefficient (Wildman–Crippen LogP) is 2.02. The van der Waals surface area contributed by atoms with Crippen molar-refractivity contribution in [3.63, 3.8) is 0 Å². The number of rotatable bonds is 3. The van der Waals surface area contributed by atoms with Gasteiger partial charge >= 0.3 is 0 Å². The molecule has 1 atom stereocenters. The molecule has 0 aliphatic carbocycles. The number of piperazine rings is 1. The topological polar surface area (TPSA) is 24.1 Å². The summed E-state index contributed by atoms with van der Waals surface area (Å²) in [6, 6.07) is 11.4. The van der Waals surface area contributed by atoms with E-state index in [1.807, 2.05) is 0 Å². The fraction of sp³-hybridized carbons (Fsp3) is 0.500. The highest BCUT2D eigenvalue weighted by molar-refractivity contribution is 5.85. The zero-order chi connectivity index (χ0) is 9.64. The van der Waals surface area contributed by atoms with Crippen molar-refractivity contribution in [1.29, 1.82) is 0 Å². The standard InChI is InChI=1S/C12H18N2.2ClH/c1-2-4-11(5-3-1)6-7-12-10-13-8-9-14-12;;/h1-5,12-14H,6-10H2;2*1H/t12-;;/m0../s1. The Morgan fingerprint density at radius 3 is 2.44 bits per heavy atom. The Morgan fingerprint density at radius 2 is 1.81 bits per heavy atom. The van der Waals surface area contributed by atoms with Gasteiger partial charge in [-0.15, -0.1) is 24.8 Å². The van der Waals surface area contributed by atoms with E-state index in [9.17, 15) is 0 Å². The molecule has 0 radical (unpaired) electrons. The minimum Gasteiger partial charge on any atom is -0.314 e. The number of hydrogen-bond donors (Lipinski definition) is 2. The van der Waals surface area contributed by atoms with E-state index >= 15 is 0 Å². The summed E-state index contributed by atoms with van der Waals surface area (Å²) in [6.45, 7) is 3.34. The van der Waals surface area contributed by atoms with E-state index in [0.29, 0.717) is 6.04 Å². The third-order valence-electron chi connectivity index (χ3n) is 2.75. The van der Waals surface area contributed by atoms with Crippen LogP contribution in [0, 0.1) is 0 Å². The lowest BCUT2D eigenvalue weighted by atomic mass is 10.0. The van der Waals surface area contributed by atoms with Crippen LogP contribution in [0.15, 0.2) is 30.3 Å². The molecule has 0 bridgehead atoms. The Kier molecular flexibility index (Phi) is 8.67. The Hall–Kier alpha value is -0.280. The van der Waals surface area contributed by atoms with Crippen LogP contribution in [0.1, 0.15) is 12.0 Å². The van der Waals surface area contributed by atoms with Crippen molar-refractivity contribution in [2.45, 2.75) is 18.9 Å². The molecular weight excluding hydrogens is 243 g/mol. The summed E-state index contributed by atoms with van der Waals surface area (Å²) in [7, 11) is 0. The first kappa shape index (κ1) is 15.7. The van der Waals surface area contributed by atoms with Gasteiger partial charge in [-0.1, -0.05) is 30.3 Å². The molecule has 1 heterocycles. The smallest absolute Gasteiger partial charge is 0.0196 e. The number of benzene rings is 1. The second-order valence-electron chi connectivity index (χ2n) is 3.88. The van der Waals surface area contributed by atoms with E-state index < -0.39 is 0 Å². The molecule has 0 unspecified atom stereocenters. The Morgan fingerprint density at radius 1 is 1.06 bits per heavy atom. The highest BCUT2D eigenvalue weighted by Crippen LogP contribution is 2.05. The molecule has 1 aliphatic heterocycles. The molecule has 0 saturated carbocycles. The summed E-state index contributed by atoms with van der Waals surface area (Å²) in [4.78, 5) is 0. The monoisotopic (exact) mass is 262 g/mol. The van der Waals surface area contributed by atoms with Gasteiger partial charge in [-0.05, 0) is 18.4 Å². The Labute approximate surface area is 110 Å². The van der Waals surface area contributed by atoms with Crippen molar-refractivity contribution in [3.8, 4) is 0 Å². The zero-order valence-electron chi connectivity index (χ0n) is 9.32. The summed E-state index contributed by atoms with van der Waals surface area (Å²) in [5, 5.41) is 6.94. The average Bonchev–Trinajstić information content (AvgIpc) is 2.29. The van der Waals surface area contributed by atoms with Crippen LogP contribution in [-0.4, -0.2) is 25.7 Å². The van der Waals surface area contributed by atoms with Gasteiger partial charge in [0.1, 0.15) is 0 Å². The van der Waals surface area contributed by atoms with Crippen LogP contribution >= 0.6 is 24.8 Å². The molecule has 16 heavy (non-hydrogen) atoms. The molecule has 4 heteroatoms. The zero-order valence-corrected chi connectivity index (χ0v) is 10.9. The van der Waals surface area contributed by atoms with Crippen molar-refractivity contribution in [1.82, 2.24) is 10.6 Å². The lowest BCUT2D eigenvalue weighted by Crippen LogP contribution is -2.48. The van der Waals surface area contributed by atoms with Crippen LogP contribution in [0.5, 0.6) is 0 Å². The summed E-state index contributed by atoms with van der Waals surface area (Å²) >= 11 is 0. The second kappa shape index (κ2) is 8.82. The summed E-state index contributed by atoms with van der Waals surface area (Å²) in [5.74, 6) is 0. The number of hydrogen-bond acceptors (Lipinski definition) is 2. The van der Waals surface area contributed by atoms with Crippen molar-refractivity contribution in [3.05, 3.63) is 35.9 Å². The maximum absolute atomic E-state index is 3.53. The SMILES string of the molecule is Cl.Cl.c1ccc(CC[C@H]2CNCCN2)cc1. The van der Waals surface area contributed by atoms with Gasteiger partial charge in [0.15, 0.2) is 0 Å². The summed E-state index contributed by atoms with van der Waals surface area (Å²) < 4.78 is 0. The Bertz CT molecular complexity index is 261. The maximum Gasteiger partial charge on any atom is 0.0196 e. The first-order valence-corrected chi connectivity index (χ1v) is 5.43. The van der Waals surface area contributed by atoms with Gasteiger partial charge in [-0.3, -0.25) is 0 Å². The largest absolute Gasteiger partial charge is 0.314 e. The summed E-state index contributed by atoms with van der Waals surface area (Å²) in [5.41, 5.74) is 1.44. The van der Waals surface area contributed by atoms with Gasteiger partial charge in [-0.25, -0.2) is 0 Å². The van der Waals surface area contributed by atoms with E-state index in [1.54, 1.807) is 0 Å². The molecule has 92 valence electrons. The van der Waals surface area contributed by atoms with E-state index in [-0.39, 0.29) is 24.8 Å². The molecule has 1 aliphatic rings. The van der Waals surface area contributed by atoms with Crippen LogP contribution < -0.4 is 10.6 Å². The van der Waals surface area contributed by atoms with Crippen molar-refractivity contribution < 1.29 is 0 Å². The molecule has 2 nitrogen and oxygen atoms in total. The lowest BCUT2D eigenvalue weighted by Gasteiger charge is -2.24. The molecule has 2 N–H and O–H groups in total. The predicted molar refractivity (Wildman–Crippen MR) is 73.9 cm³/mol. The maximum atomic E-state index is 3.53. The fourth-order valence-corrected chi connectivity index (χ4v) is 1.90. The number of nitrogens with one attached hydrogen (secondary N) is 2. The first-order chi connectivity index (χ1) is 6.95. The average molecular weight is 263 g/mol. The van der Waals surface area contributed by atoms with Crippen LogP contribution in [0.25, 0.3) is 0 Å². The second-order valence-corrected chi connectivity index (χ2v) is 3.88. The molecule has 1 saturated heterocycles.